The van der Waals surface area contributed by atoms with Crippen molar-refractivity contribution in [1.82, 2.24) is 15.1 Å². The van der Waals surface area contributed by atoms with Crippen molar-refractivity contribution < 1.29 is 32.3 Å². The molecule has 1 N–H and O–H groups in total. The highest BCUT2D eigenvalue weighted by Crippen LogP contribution is 2.40. The van der Waals surface area contributed by atoms with Gasteiger partial charge in [-0.05, 0) is 42.4 Å². The van der Waals surface area contributed by atoms with Crippen LogP contribution in [0.1, 0.15) is 42.4 Å². The number of carbonyl (C=O) groups is 3. The number of fused-ring (bicyclic) bond motifs is 2. The van der Waals surface area contributed by atoms with Crippen LogP contribution in [-0.2, 0) is 33.8 Å². The molecule has 11 heteroatoms. The van der Waals surface area contributed by atoms with E-state index in [-0.39, 0.29) is 49.4 Å². The number of nitrogens with zero attached hydrogens (tertiary/aromatic N) is 3. The molecule has 2 fully saturated rings. The Labute approximate surface area is 235 Å². The minimum atomic E-state index is -1.47. The zero-order chi connectivity index (χ0) is 29.1. The zero-order valence-electron chi connectivity index (χ0n) is 22.5. The Balaban J connectivity index is 1.25. The molecule has 8 nitrogen and oxygen atoms in total. The first-order valence-electron chi connectivity index (χ1n) is 13.8. The molecule has 41 heavy (non-hydrogen) atoms. The minimum Gasteiger partial charge on any atom is -0.475 e. The van der Waals surface area contributed by atoms with Gasteiger partial charge in [-0.2, -0.15) is 5.26 Å². The number of likely N-dealkylation sites (tertiary alicyclic amines) is 1. The van der Waals surface area contributed by atoms with E-state index in [0.29, 0.717) is 18.2 Å². The molecule has 2 aromatic rings. The highest BCUT2D eigenvalue weighted by atomic mass is 19.2. The summed E-state index contributed by atoms with van der Waals surface area (Å²) in [5.74, 6) is -4.91. The predicted molar refractivity (Wildman–Crippen MR) is 138 cm³/mol. The summed E-state index contributed by atoms with van der Waals surface area (Å²) in [5.41, 5.74) is -0.870. The van der Waals surface area contributed by atoms with Gasteiger partial charge in [0.15, 0.2) is 11.6 Å². The molecule has 2 aliphatic carbocycles. The Bertz CT molecular complexity index is 1490. The van der Waals surface area contributed by atoms with Crippen LogP contribution in [0.25, 0.3) is 0 Å². The number of halogens is 3. The highest BCUT2D eigenvalue weighted by molar-refractivity contribution is 5.92. The number of rotatable bonds is 5. The van der Waals surface area contributed by atoms with Gasteiger partial charge in [0.25, 0.3) is 5.91 Å². The van der Waals surface area contributed by atoms with E-state index in [1.165, 1.54) is 16.8 Å². The molecule has 3 amide bonds. The largest absolute Gasteiger partial charge is 0.475 e. The van der Waals surface area contributed by atoms with E-state index in [2.05, 4.69) is 11.4 Å². The van der Waals surface area contributed by atoms with E-state index in [4.69, 9.17) is 4.74 Å². The van der Waals surface area contributed by atoms with Crippen molar-refractivity contribution >= 4 is 17.7 Å². The molecule has 1 saturated heterocycles. The normalized spacial score (nSPS) is 25.4. The lowest BCUT2D eigenvalue weighted by atomic mass is 9.99. The first kappa shape index (κ1) is 27.1. The predicted octanol–water partition coefficient (Wildman–Crippen LogP) is 3.02. The first-order chi connectivity index (χ1) is 19.6. The van der Waals surface area contributed by atoms with E-state index < -0.39 is 58.8 Å². The molecule has 4 unspecified atom stereocenters. The lowest BCUT2D eigenvalue weighted by Crippen LogP contribution is -2.55. The molecule has 0 bridgehead atoms. The molecule has 4 aliphatic rings. The number of nitriles is 1. The van der Waals surface area contributed by atoms with E-state index in [0.717, 1.165) is 18.4 Å². The molecule has 0 radical (unpaired) electrons. The quantitative estimate of drug-likeness (QED) is 0.561. The summed E-state index contributed by atoms with van der Waals surface area (Å²) in [6.07, 6.45) is 1.83. The molecule has 1 spiro atoms. The summed E-state index contributed by atoms with van der Waals surface area (Å²) >= 11 is 0. The maximum atomic E-state index is 14.4. The second kappa shape index (κ2) is 10.1. The van der Waals surface area contributed by atoms with Crippen molar-refractivity contribution in [3.63, 3.8) is 0 Å². The molecule has 2 heterocycles. The van der Waals surface area contributed by atoms with Crippen LogP contribution in [-0.4, -0.2) is 58.8 Å². The summed E-state index contributed by atoms with van der Waals surface area (Å²) < 4.78 is 48.8. The fourth-order valence-electron chi connectivity index (χ4n) is 6.38. The number of benzene rings is 2. The Kier molecular flexibility index (Phi) is 6.67. The maximum absolute atomic E-state index is 14.4. The van der Waals surface area contributed by atoms with Gasteiger partial charge in [0, 0.05) is 37.6 Å². The molecular weight excluding hydrogens is 537 g/mol. The van der Waals surface area contributed by atoms with Crippen molar-refractivity contribution in [2.24, 2.45) is 11.8 Å². The van der Waals surface area contributed by atoms with Crippen LogP contribution in [0.5, 0.6) is 5.75 Å². The Morgan fingerprint density at radius 1 is 1.20 bits per heavy atom. The molecule has 2 aliphatic heterocycles. The van der Waals surface area contributed by atoms with Gasteiger partial charge in [-0.25, -0.2) is 13.2 Å². The second-order valence-electron chi connectivity index (χ2n) is 11.6. The SMILES string of the molecule is CN(C(=O)C1Cc2c(F)cc(F)c(F)c2C1)C(CC1CC1)C(=O)N1CC2(CC1C#N)Oc1ccccc1CNC2=O. The Morgan fingerprint density at radius 3 is 2.66 bits per heavy atom. The standard InChI is InChI=1S/C30H29F3N4O4/c1-36(27(38)18-9-20-21(10-18)26(33)23(32)11-22(20)31)24(8-16-6-7-16)28(39)37-15-30(12-19(37)13-34)29(40)35-14-17-4-2-3-5-25(17)41-30/h2-5,11,16,18-19,24H,6-10,12,14-15H2,1H3,(H,35,40). The number of hydrogen-bond donors (Lipinski definition) is 1. The number of likely N-dealkylation sites (N-methyl/N-ethyl adjacent to an activating group) is 1. The maximum Gasteiger partial charge on any atom is 0.266 e. The van der Waals surface area contributed by atoms with Crippen LogP contribution < -0.4 is 10.1 Å². The molecule has 4 atom stereocenters. The van der Waals surface area contributed by atoms with Crippen molar-refractivity contribution in [3.05, 3.63) is 64.5 Å². The topological polar surface area (TPSA) is 103 Å². The number of ether oxygens (including phenoxy) is 1. The summed E-state index contributed by atoms with van der Waals surface area (Å²) in [6.45, 7) is 0.0797. The van der Waals surface area contributed by atoms with E-state index in [9.17, 15) is 32.8 Å². The Hall–Kier alpha value is -4.07. The van der Waals surface area contributed by atoms with Crippen molar-refractivity contribution in [2.75, 3.05) is 13.6 Å². The summed E-state index contributed by atoms with van der Waals surface area (Å²) in [6, 6.07) is 7.87. The molecular formula is C30H29F3N4O4. The average molecular weight is 567 g/mol. The van der Waals surface area contributed by atoms with E-state index in [1.807, 2.05) is 12.1 Å². The van der Waals surface area contributed by atoms with Crippen LogP contribution in [0.15, 0.2) is 30.3 Å². The van der Waals surface area contributed by atoms with Crippen LogP contribution in [0.3, 0.4) is 0 Å². The van der Waals surface area contributed by atoms with Crippen LogP contribution >= 0.6 is 0 Å². The minimum absolute atomic E-state index is 0.0245. The third-order valence-corrected chi connectivity index (χ3v) is 8.87. The second-order valence-corrected chi connectivity index (χ2v) is 11.6. The summed E-state index contributed by atoms with van der Waals surface area (Å²) in [5, 5.41) is 12.9. The van der Waals surface area contributed by atoms with E-state index >= 15 is 0 Å². The number of para-hydroxylation sites is 1. The molecule has 6 rings (SSSR count). The monoisotopic (exact) mass is 566 g/mol. The first-order valence-corrected chi connectivity index (χ1v) is 13.8. The van der Waals surface area contributed by atoms with Gasteiger partial charge in [0.1, 0.15) is 23.7 Å². The van der Waals surface area contributed by atoms with Gasteiger partial charge in [-0.3, -0.25) is 14.4 Å². The van der Waals surface area contributed by atoms with Gasteiger partial charge in [-0.15, -0.1) is 0 Å². The number of hydrogen-bond acceptors (Lipinski definition) is 5. The number of carbonyl (C=O) groups excluding carboxylic acids is 3. The third kappa shape index (κ3) is 4.69. The van der Waals surface area contributed by atoms with Gasteiger partial charge in [-0.1, -0.05) is 31.0 Å². The van der Waals surface area contributed by atoms with Gasteiger partial charge in [0.2, 0.25) is 17.4 Å². The van der Waals surface area contributed by atoms with E-state index in [1.54, 1.807) is 12.1 Å². The van der Waals surface area contributed by atoms with Crippen molar-refractivity contribution in [2.45, 2.75) is 62.8 Å². The molecule has 0 aromatic heterocycles. The van der Waals surface area contributed by atoms with Crippen molar-refractivity contribution in [3.8, 4) is 11.8 Å². The van der Waals surface area contributed by atoms with Crippen LogP contribution in [0, 0.1) is 40.6 Å². The lowest BCUT2D eigenvalue weighted by Gasteiger charge is -2.34. The smallest absolute Gasteiger partial charge is 0.266 e. The van der Waals surface area contributed by atoms with Crippen LogP contribution in [0.2, 0.25) is 0 Å². The number of nitrogens with one attached hydrogen (secondary N) is 1. The molecule has 214 valence electrons. The average Bonchev–Trinajstić information content (AvgIpc) is 3.57. The fourth-order valence-corrected chi connectivity index (χ4v) is 6.38. The molecule has 1 saturated carbocycles. The highest BCUT2D eigenvalue weighted by Gasteiger charge is 2.55. The van der Waals surface area contributed by atoms with Crippen molar-refractivity contribution in [1.29, 1.82) is 5.26 Å². The fraction of sp³-hybridized carbons (Fsp3) is 0.467. The third-order valence-electron chi connectivity index (χ3n) is 8.87. The Morgan fingerprint density at radius 2 is 1.93 bits per heavy atom. The lowest BCUT2D eigenvalue weighted by molar-refractivity contribution is -0.148. The summed E-state index contributed by atoms with van der Waals surface area (Å²) in [7, 11) is 1.47. The zero-order valence-corrected chi connectivity index (χ0v) is 22.5. The van der Waals surface area contributed by atoms with Gasteiger partial charge >= 0.3 is 0 Å². The molecule has 2 aromatic carbocycles. The summed E-state index contributed by atoms with van der Waals surface area (Å²) in [4.78, 5) is 43.6. The number of amides is 3. The van der Waals surface area contributed by atoms with Crippen LogP contribution in [0.4, 0.5) is 13.2 Å². The van der Waals surface area contributed by atoms with Gasteiger partial charge in [0.05, 0.1) is 12.6 Å². The van der Waals surface area contributed by atoms with Gasteiger partial charge < -0.3 is 19.9 Å².